The number of anilines is 2. The number of nitrogens with one attached hydrogen (secondary N) is 1. The van der Waals surface area contributed by atoms with Gasteiger partial charge in [-0.3, -0.25) is 0 Å². The number of hydrogen-bond donors (Lipinski definition) is 1. The first-order valence-corrected chi connectivity index (χ1v) is 9.87. The van der Waals surface area contributed by atoms with Gasteiger partial charge in [0.25, 0.3) is 0 Å². The summed E-state index contributed by atoms with van der Waals surface area (Å²) >= 11 is 7.94. The summed E-state index contributed by atoms with van der Waals surface area (Å²) in [6.07, 6.45) is 2.53. The highest BCUT2D eigenvalue weighted by Crippen LogP contribution is 2.30. The maximum atomic E-state index is 6.49. The summed E-state index contributed by atoms with van der Waals surface area (Å²) in [6, 6.07) is 15.5. The van der Waals surface area contributed by atoms with E-state index in [1.807, 2.05) is 54.8 Å². The highest BCUT2D eigenvalue weighted by Gasteiger charge is 2.14. The molecule has 0 radical (unpaired) electrons. The van der Waals surface area contributed by atoms with Gasteiger partial charge in [0.15, 0.2) is 5.16 Å². The van der Waals surface area contributed by atoms with Crippen molar-refractivity contribution >= 4 is 34.9 Å². The third-order valence-corrected chi connectivity index (χ3v) is 4.87. The van der Waals surface area contributed by atoms with Crippen LogP contribution in [0.2, 0.25) is 5.15 Å². The number of nitrogens with zero attached hydrogens (tertiary/aromatic N) is 2. The van der Waals surface area contributed by atoms with Gasteiger partial charge < -0.3 is 14.8 Å². The molecule has 140 valence electrons. The lowest BCUT2D eigenvalue weighted by Crippen LogP contribution is -2.04. The fraction of sp³-hybridized carbons (Fsp3) is 0.200. The second kappa shape index (κ2) is 8.97. The van der Waals surface area contributed by atoms with Crippen molar-refractivity contribution in [2.24, 2.45) is 0 Å². The van der Waals surface area contributed by atoms with Gasteiger partial charge in [0, 0.05) is 17.7 Å². The Balaban J connectivity index is 1.93. The lowest BCUT2D eigenvalue weighted by molar-refractivity contribution is 0.414. The molecule has 1 heterocycles. The molecule has 0 aliphatic carbocycles. The van der Waals surface area contributed by atoms with E-state index in [0.29, 0.717) is 22.5 Å². The highest BCUT2D eigenvalue weighted by molar-refractivity contribution is 7.98. The Morgan fingerprint density at radius 2 is 1.52 bits per heavy atom. The lowest BCUT2D eigenvalue weighted by Gasteiger charge is -2.14. The van der Waals surface area contributed by atoms with Crippen LogP contribution >= 0.6 is 23.4 Å². The molecule has 0 unspecified atom stereocenters. The van der Waals surface area contributed by atoms with Gasteiger partial charge in [0.1, 0.15) is 22.5 Å². The maximum absolute atomic E-state index is 6.49. The van der Waals surface area contributed by atoms with Crippen molar-refractivity contribution in [3.63, 3.8) is 0 Å². The number of halogens is 1. The number of thioether (sulfide) groups is 1. The molecule has 0 saturated heterocycles. The van der Waals surface area contributed by atoms with Gasteiger partial charge in [-0.15, -0.1) is 0 Å². The molecule has 1 N–H and O–H groups in total. The summed E-state index contributed by atoms with van der Waals surface area (Å²) < 4.78 is 10.4. The zero-order valence-electron chi connectivity index (χ0n) is 15.3. The predicted molar refractivity (Wildman–Crippen MR) is 111 cm³/mol. The first-order valence-electron chi connectivity index (χ1n) is 8.27. The molecule has 0 bridgehead atoms. The van der Waals surface area contributed by atoms with E-state index in [0.717, 1.165) is 28.3 Å². The Kier molecular flexibility index (Phi) is 6.42. The minimum Gasteiger partial charge on any atom is -0.497 e. The molecular formula is C20H20ClN3O2S. The first-order chi connectivity index (χ1) is 13.1. The van der Waals surface area contributed by atoms with Crippen molar-refractivity contribution in [2.45, 2.75) is 11.6 Å². The summed E-state index contributed by atoms with van der Waals surface area (Å²) in [6.45, 7) is 0. The molecule has 5 nitrogen and oxygen atoms in total. The number of ether oxygens (including phenoxy) is 2. The van der Waals surface area contributed by atoms with Crippen LogP contribution in [0.3, 0.4) is 0 Å². The standard InChI is InChI=1S/C20H20ClN3O2S/c1-25-15-8-4-13(5-9-15)12-17-18(21)23-20(27-3)24-19(17)22-14-6-10-16(26-2)11-7-14/h4-11H,12H2,1-3H3,(H,22,23,24). The Hall–Kier alpha value is -2.44. The minimum atomic E-state index is 0.446. The number of benzene rings is 2. The maximum Gasteiger partial charge on any atom is 0.190 e. The van der Waals surface area contributed by atoms with Crippen molar-refractivity contribution in [2.75, 3.05) is 25.8 Å². The number of hydrogen-bond acceptors (Lipinski definition) is 6. The van der Waals surface area contributed by atoms with E-state index in [1.54, 1.807) is 14.2 Å². The summed E-state index contributed by atoms with van der Waals surface area (Å²) in [5.41, 5.74) is 2.83. The van der Waals surface area contributed by atoms with E-state index in [2.05, 4.69) is 15.3 Å². The highest BCUT2D eigenvalue weighted by atomic mass is 35.5. The topological polar surface area (TPSA) is 56.3 Å². The molecule has 2 aromatic carbocycles. The van der Waals surface area contributed by atoms with Crippen LogP contribution in [0.4, 0.5) is 11.5 Å². The Morgan fingerprint density at radius 3 is 2.07 bits per heavy atom. The van der Waals surface area contributed by atoms with Gasteiger partial charge in [-0.2, -0.15) is 0 Å². The first kappa shape index (κ1) is 19.3. The van der Waals surface area contributed by atoms with Gasteiger partial charge in [0.2, 0.25) is 0 Å². The molecule has 0 atom stereocenters. The molecule has 3 aromatic rings. The fourth-order valence-electron chi connectivity index (χ4n) is 2.55. The average Bonchev–Trinajstić information content (AvgIpc) is 2.71. The smallest absolute Gasteiger partial charge is 0.190 e. The molecule has 27 heavy (non-hydrogen) atoms. The molecule has 3 rings (SSSR count). The SMILES string of the molecule is COc1ccc(Cc2c(Cl)nc(SC)nc2Nc2ccc(OC)cc2)cc1. The van der Waals surface area contributed by atoms with Crippen LogP contribution in [0.15, 0.2) is 53.7 Å². The van der Waals surface area contributed by atoms with Crippen molar-refractivity contribution < 1.29 is 9.47 Å². The Bertz CT molecular complexity index is 902. The molecule has 0 spiro atoms. The molecule has 0 aliphatic heterocycles. The largest absolute Gasteiger partial charge is 0.497 e. The van der Waals surface area contributed by atoms with Crippen LogP contribution in [0.5, 0.6) is 11.5 Å². The van der Waals surface area contributed by atoms with E-state index >= 15 is 0 Å². The molecular weight excluding hydrogens is 382 g/mol. The number of methoxy groups -OCH3 is 2. The Morgan fingerprint density at radius 1 is 0.926 bits per heavy atom. The van der Waals surface area contributed by atoms with Crippen molar-refractivity contribution in [3.05, 3.63) is 64.8 Å². The van der Waals surface area contributed by atoms with Crippen molar-refractivity contribution in [1.82, 2.24) is 9.97 Å². The summed E-state index contributed by atoms with van der Waals surface area (Å²) in [7, 11) is 3.29. The van der Waals surface area contributed by atoms with Gasteiger partial charge in [-0.1, -0.05) is 35.5 Å². The van der Waals surface area contributed by atoms with Crippen LogP contribution in [0.25, 0.3) is 0 Å². The van der Waals surface area contributed by atoms with Crippen LogP contribution in [0, 0.1) is 0 Å². The van der Waals surface area contributed by atoms with Crippen LogP contribution in [-0.4, -0.2) is 30.4 Å². The fourth-order valence-corrected chi connectivity index (χ4v) is 3.20. The minimum absolute atomic E-state index is 0.446. The lowest BCUT2D eigenvalue weighted by atomic mass is 10.1. The van der Waals surface area contributed by atoms with Crippen LogP contribution in [0.1, 0.15) is 11.1 Å². The normalized spacial score (nSPS) is 10.5. The molecule has 0 amide bonds. The van der Waals surface area contributed by atoms with E-state index in [9.17, 15) is 0 Å². The van der Waals surface area contributed by atoms with E-state index in [-0.39, 0.29) is 0 Å². The number of rotatable bonds is 7. The van der Waals surface area contributed by atoms with Gasteiger partial charge in [-0.25, -0.2) is 9.97 Å². The Labute approximate surface area is 168 Å². The predicted octanol–water partition coefficient (Wildman–Crippen LogP) is 5.20. The summed E-state index contributed by atoms with van der Waals surface area (Å²) in [5.74, 6) is 2.31. The van der Waals surface area contributed by atoms with E-state index < -0.39 is 0 Å². The van der Waals surface area contributed by atoms with Gasteiger partial charge >= 0.3 is 0 Å². The molecule has 7 heteroatoms. The van der Waals surface area contributed by atoms with Crippen molar-refractivity contribution in [1.29, 1.82) is 0 Å². The monoisotopic (exact) mass is 401 g/mol. The van der Waals surface area contributed by atoms with Crippen LogP contribution in [-0.2, 0) is 6.42 Å². The molecule has 1 aromatic heterocycles. The van der Waals surface area contributed by atoms with Crippen LogP contribution < -0.4 is 14.8 Å². The molecule has 0 aliphatic rings. The molecule has 0 saturated carbocycles. The summed E-state index contributed by atoms with van der Waals surface area (Å²) in [5, 5.41) is 4.42. The van der Waals surface area contributed by atoms with E-state index in [4.69, 9.17) is 21.1 Å². The van der Waals surface area contributed by atoms with E-state index in [1.165, 1.54) is 11.8 Å². The second-order valence-corrected chi connectivity index (χ2v) is 6.84. The zero-order valence-corrected chi connectivity index (χ0v) is 16.9. The van der Waals surface area contributed by atoms with Crippen molar-refractivity contribution in [3.8, 4) is 11.5 Å². The van der Waals surface area contributed by atoms with Gasteiger partial charge in [-0.05, 0) is 48.2 Å². The number of aromatic nitrogens is 2. The third kappa shape index (κ3) is 4.84. The van der Waals surface area contributed by atoms with Gasteiger partial charge in [0.05, 0.1) is 14.2 Å². The third-order valence-electron chi connectivity index (χ3n) is 4.01. The zero-order chi connectivity index (χ0) is 19.2. The quantitative estimate of drug-likeness (QED) is 0.333. The average molecular weight is 402 g/mol. The second-order valence-electron chi connectivity index (χ2n) is 5.71. The molecule has 0 fully saturated rings. The summed E-state index contributed by atoms with van der Waals surface area (Å²) in [4.78, 5) is 9.00.